The smallest absolute Gasteiger partial charge is 0.341 e. The molecular weight excluding hydrogens is 216 g/mol. The normalized spacial score (nSPS) is 16.5. The van der Waals surface area contributed by atoms with E-state index in [0.29, 0.717) is 16.8 Å². The number of rotatable bonds is 3. The molecule has 6 nitrogen and oxygen atoms in total. The van der Waals surface area contributed by atoms with Crippen LogP contribution in [0.3, 0.4) is 0 Å². The van der Waals surface area contributed by atoms with E-state index in [9.17, 15) is 9.59 Å². The maximum absolute atomic E-state index is 11.5. The number of likely N-dealkylation sites (tertiary alicyclic amines) is 1. The third kappa shape index (κ3) is 2.41. The summed E-state index contributed by atoms with van der Waals surface area (Å²) in [5, 5.41) is 6.41. The standard InChI is InChI=1S/C8H12N4O2S/c1-5-2-12(3-5)6(13)4-15-8-9-7(14)10-11-8/h5H,2-4H2,1H3,(H2,9,10,11,14). The Bertz CT molecular complexity index is 407. The van der Waals surface area contributed by atoms with Crippen molar-refractivity contribution in [3.8, 4) is 0 Å². The molecule has 82 valence electrons. The van der Waals surface area contributed by atoms with Gasteiger partial charge in [0.1, 0.15) is 0 Å². The lowest BCUT2D eigenvalue weighted by Crippen LogP contribution is -2.49. The van der Waals surface area contributed by atoms with Gasteiger partial charge in [-0.05, 0) is 5.92 Å². The summed E-state index contributed by atoms with van der Waals surface area (Å²) < 4.78 is 0. The van der Waals surface area contributed by atoms with Crippen LogP contribution in [0.25, 0.3) is 0 Å². The van der Waals surface area contributed by atoms with Crippen LogP contribution in [-0.4, -0.2) is 44.8 Å². The van der Waals surface area contributed by atoms with Crippen molar-refractivity contribution in [1.29, 1.82) is 0 Å². The Morgan fingerprint density at radius 2 is 2.40 bits per heavy atom. The molecule has 0 spiro atoms. The van der Waals surface area contributed by atoms with E-state index in [1.54, 1.807) is 0 Å². The SMILES string of the molecule is CC1CN(C(=O)CSc2n[nH]c(=O)[nH]2)C1. The molecule has 2 N–H and O–H groups in total. The Kier molecular flexibility index (Phi) is 2.81. The van der Waals surface area contributed by atoms with Crippen LogP contribution in [0.2, 0.25) is 0 Å². The molecule has 1 amide bonds. The van der Waals surface area contributed by atoms with Gasteiger partial charge in [0.05, 0.1) is 5.75 Å². The van der Waals surface area contributed by atoms with Crippen molar-refractivity contribution < 1.29 is 4.79 Å². The van der Waals surface area contributed by atoms with Crippen LogP contribution in [0.15, 0.2) is 9.95 Å². The number of nitrogens with one attached hydrogen (secondary N) is 2. The molecule has 1 fully saturated rings. The fourth-order valence-corrected chi connectivity index (χ4v) is 2.16. The number of carbonyl (C=O) groups is 1. The van der Waals surface area contributed by atoms with E-state index in [4.69, 9.17) is 0 Å². The summed E-state index contributed by atoms with van der Waals surface area (Å²) in [7, 11) is 0. The van der Waals surface area contributed by atoms with Crippen LogP contribution in [0.1, 0.15) is 6.92 Å². The first-order chi connectivity index (χ1) is 7.15. The minimum absolute atomic E-state index is 0.0990. The maximum Gasteiger partial charge on any atom is 0.341 e. The molecule has 0 aromatic carbocycles. The summed E-state index contributed by atoms with van der Waals surface area (Å²) in [5.41, 5.74) is -0.345. The van der Waals surface area contributed by atoms with Crippen LogP contribution in [0, 0.1) is 5.92 Å². The number of H-pyrrole nitrogens is 2. The van der Waals surface area contributed by atoms with Gasteiger partial charge >= 0.3 is 5.69 Å². The number of aromatic amines is 2. The average Bonchev–Trinajstić information content (AvgIpc) is 2.56. The van der Waals surface area contributed by atoms with Gasteiger partial charge < -0.3 is 4.90 Å². The summed E-state index contributed by atoms with van der Waals surface area (Å²) >= 11 is 1.24. The fourth-order valence-electron chi connectivity index (χ4n) is 1.45. The molecular formula is C8H12N4O2S. The number of thioether (sulfide) groups is 1. The second-order valence-corrected chi connectivity index (χ2v) is 4.64. The lowest BCUT2D eigenvalue weighted by atomic mass is 10.0. The van der Waals surface area contributed by atoms with Gasteiger partial charge in [0.2, 0.25) is 5.91 Å². The summed E-state index contributed by atoms with van der Waals surface area (Å²) in [4.78, 5) is 26.5. The maximum atomic E-state index is 11.5. The predicted molar refractivity (Wildman–Crippen MR) is 55.7 cm³/mol. The zero-order chi connectivity index (χ0) is 10.8. The van der Waals surface area contributed by atoms with E-state index in [-0.39, 0.29) is 11.6 Å². The molecule has 1 aromatic heterocycles. The van der Waals surface area contributed by atoms with E-state index in [1.807, 2.05) is 4.90 Å². The molecule has 2 rings (SSSR count). The largest absolute Gasteiger partial charge is 0.341 e. The molecule has 0 atom stereocenters. The van der Waals surface area contributed by atoms with Gasteiger partial charge in [-0.1, -0.05) is 18.7 Å². The van der Waals surface area contributed by atoms with E-state index < -0.39 is 0 Å². The molecule has 0 radical (unpaired) electrons. The molecule has 1 saturated heterocycles. The van der Waals surface area contributed by atoms with Crippen molar-refractivity contribution in [1.82, 2.24) is 20.1 Å². The van der Waals surface area contributed by atoms with E-state index >= 15 is 0 Å². The van der Waals surface area contributed by atoms with Gasteiger partial charge in [0, 0.05) is 13.1 Å². The van der Waals surface area contributed by atoms with E-state index in [2.05, 4.69) is 22.1 Å². The third-order valence-corrected chi connectivity index (χ3v) is 3.09. The molecule has 0 unspecified atom stereocenters. The lowest BCUT2D eigenvalue weighted by molar-refractivity contribution is -0.134. The number of carbonyl (C=O) groups excluding carboxylic acids is 1. The van der Waals surface area contributed by atoms with Crippen molar-refractivity contribution in [2.45, 2.75) is 12.1 Å². The molecule has 0 bridgehead atoms. The summed E-state index contributed by atoms with van der Waals surface area (Å²) in [6, 6.07) is 0. The van der Waals surface area contributed by atoms with Gasteiger partial charge in [0.25, 0.3) is 0 Å². The zero-order valence-corrected chi connectivity index (χ0v) is 9.13. The molecule has 15 heavy (non-hydrogen) atoms. The summed E-state index contributed by atoms with van der Waals surface area (Å²) in [6.07, 6.45) is 0. The Labute approximate surface area is 90.4 Å². The second kappa shape index (κ2) is 4.09. The molecule has 0 aliphatic carbocycles. The number of aromatic nitrogens is 3. The Balaban J connectivity index is 1.78. The second-order valence-electron chi connectivity index (χ2n) is 3.68. The summed E-state index contributed by atoms with van der Waals surface area (Å²) in [6.45, 7) is 3.80. The number of nitrogens with zero attached hydrogens (tertiary/aromatic N) is 2. The highest BCUT2D eigenvalue weighted by Gasteiger charge is 2.26. The Morgan fingerprint density at radius 3 is 2.93 bits per heavy atom. The van der Waals surface area contributed by atoms with Gasteiger partial charge in [-0.3, -0.25) is 9.78 Å². The molecule has 2 heterocycles. The highest BCUT2D eigenvalue weighted by Crippen LogP contribution is 2.17. The highest BCUT2D eigenvalue weighted by molar-refractivity contribution is 7.99. The first-order valence-corrected chi connectivity index (χ1v) is 5.69. The number of hydrogen-bond acceptors (Lipinski definition) is 4. The molecule has 1 aliphatic rings. The van der Waals surface area contributed by atoms with Crippen LogP contribution in [-0.2, 0) is 4.79 Å². The lowest BCUT2D eigenvalue weighted by Gasteiger charge is -2.37. The first kappa shape index (κ1) is 10.3. The van der Waals surface area contributed by atoms with Gasteiger partial charge in [-0.2, -0.15) is 0 Å². The molecule has 1 aromatic rings. The Hall–Kier alpha value is -1.24. The van der Waals surface area contributed by atoms with Crippen molar-refractivity contribution in [3.63, 3.8) is 0 Å². The van der Waals surface area contributed by atoms with Crippen LogP contribution < -0.4 is 5.69 Å². The van der Waals surface area contributed by atoms with Gasteiger partial charge in [-0.15, -0.1) is 5.10 Å². The minimum atomic E-state index is -0.345. The van der Waals surface area contributed by atoms with Gasteiger partial charge in [0.15, 0.2) is 5.16 Å². The van der Waals surface area contributed by atoms with Crippen molar-refractivity contribution in [2.24, 2.45) is 5.92 Å². The fraction of sp³-hybridized carbons (Fsp3) is 0.625. The average molecular weight is 228 g/mol. The van der Waals surface area contributed by atoms with Crippen molar-refractivity contribution >= 4 is 17.7 Å². The minimum Gasteiger partial charge on any atom is -0.341 e. The van der Waals surface area contributed by atoms with Crippen LogP contribution >= 0.6 is 11.8 Å². The quantitative estimate of drug-likeness (QED) is 0.694. The first-order valence-electron chi connectivity index (χ1n) is 4.70. The van der Waals surface area contributed by atoms with Crippen molar-refractivity contribution in [2.75, 3.05) is 18.8 Å². The third-order valence-electron chi connectivity index (χ3n) is 2.23. The Morgan fingerprint density at radius 1 is 1.67 bits per heavy atom. The van der Waals surface area contributed by atoms with Crippen LogP contribution in [0.4, 0.5) is 0 Å². The highest BCUT2D eigenvalue weighted by atomic mass is 32.2. The van der Waals surface area contributed by atoms with Crippen LogP contribution in [0.5, 0.6) is 0 Å². The topological polar surface area (TPSA) is 81.8 Å². The van der Waals surface area contributed by atoms with E-state index in [0.717, 1.165) is 13.1 Å². The van der Waals surface area contributed by atoms with Crippen molar-refractivity contribution in [3.05, 3.63) is 10.5 Å². The number of amides is 1. The molecule has 7 heteroatoms. The molecule has 0 saturated carbocycles. The molecule has 1 aliphatic heterocycles. The van der Waals surface area contributed by atoms with Gasteiger partial charge in [-0.25, -0.2) is 9.89 Å². The monoisotopic (exact) mass is 228 g/mol. The summed E-state index contributed by atoms with van der Waals surface area (Å²) in [5.74, 6) is 1.04. The number of hydrogen-bond donors (Lipinski definition) is 2. The zero-order valence-electron chi connectivity index (χ0n) is 8.32. The van der Waals surface area contributed by atoms with E-state index in [1.165, 1.54) is 11.8 Å². The predicted octanol–water partition coefficient (Wildman–Crippen LogP) is -0.332.